The molecule has 4 bridgehead atoms. The van der Waals surface area contributed by atoms with Gasteiger partial charge in [-0.05, 0) is 32.1 Å². The van der Waals surface area contributed by atoms with Gasteiger partial charge in [0.1, 0.15) is 0 Å². The van der Waals surface area contributed by atoms with Crippen LogP contribution in [0.15, 0.2) is 0 Å². The van der Waals surface area contributed by atoms with E-state index in [0.717, 1.165) is 0 Å². The Kier molecular flexibility index (Phi) is 2.54. The van der Waals surface area contributed by atoms with E-state index in [4.69, 9.17) is 11.7 Å². The van der Waals surface area contributed by atoms with Crippen LogP contribution in [0.1, 0.15) is 38.5 Å². The molecule has 4 saturated carbocycles. The van der Waals surface area contributed by atoms with E-state index in [0.29, 0.717) is 0 Å². The Hall–Kier alpha value is -1.22. The van der Waals surface area contributed by atoms with Crippen molar-refractivity contribution < 1.29 is 19.8 Å². The smallest absolute Gasteiger partial charge is 0.240 e. The van der Waals surface area contributed by atoms with Crippen LogP contribution < -0.4 is 22.5 Å². The maximum atomic E-state index is 12.2. The molecule has 0 saturated heterocycles. The van der Waals surface area contributed by atoms with Crippen LogP contribution in [0.4, 0.5) is 0 Å². The topological polar surface area (TPSA) is 151 Å². The molecule has 20 heavy (non-hydrogen) atoms. The molecule has 8 nitrogen and oxygen atoms in total. The van der Waals surface area contributed by atoms with Gasteiger partial charge in [-0.3, -0.25) is 20.4 Å². The molecule has 4 aliphatic rings. The Morgan fingerprint density at radius 3 is 1.40 bits per heavy atom. The van der Waals surface area contributed by atoms with Crippen molar-refractivity contribution in [3.63, 3.8) is 0 Å². The zero-order chi connectivity index (χ0) is 14.8. The second-order valence-corrected chi connectivity index (χ2v) is 7.02. The van der Waals surface area contributed by atoms with E-state index in [1.165, 1.54) is 0 Å². The first-order chi connectivity index (χ1) is 9.21. The van der Waals surface area contributed by atoms with Crippen molar-refractivity contribution in [3.05, 3.63) is 0 Å². The van der Waals surface area contributed by atoms with Gasteiger partial charge in [0.25, 0.3) is 0 Å². The third-order valence-corrected chi connectivity index (χ3v) is 5.23. The van der Waals surface area contributed by atoms with Crippen LogP contribution in [0.3, 0.4) is 0 Å². The molecule has 8 N–H and O–H groups in total. The molecule has 0 heterocycles. The summed E-state index contributed by atoms with van der Waals surface area (Å²) in [5.74, 6) is 9.60. The minimum absolute atomic E-state index is 0.180. The van der Waals surface area contributed by atoms with Crippen LogP contribution in [0.5, 0.6) is 0 Å². The van der Waals surface area contributed by atoms with Crippen LogP contribution in [0.2, 0.25) is 0 Å². The number of carbonyl (C=O) groups is 2. The number of rotatable bonds is 2. The Morgan fingerprint density at radius 1 is 0.750 bits per heavy atom. The van der Waals surface area contributed by atoms with Crippen molar-refractivity contribution in [2.75, 3.05) is 0 Å². The lowest BCUT2D eigenvalue weighted by atomic mass is 9.41. The van der Waals surface area contributed by atoms with Crippen LogP contribution in [-0.2, 0) is 9.59 Å². The number of hydrazine groups is 2. The zero-order valence-corrected chi connectivity index (χ0v) is 11.1. The Morgan fingerprint density at radius 2 is 1.10 bits per heavy atom. The van der Waals surface area contributed by atoms with E-state index in [-0.39, 0.29) is 38.5 Å². The quantitative estimate of drug-likeness (QED) is 0.192. The van der Waals surface area contributed by atoms with Crippen molar-refractivity contribution >= 4 is 11.8 Å². The molecule has 0 radical (unpaired) electrons. The van der Waals surface area contributed by atoms with Gasteiger partial charge < -0.3 is 10.2 Å². The number of hydrogen-bond acceptors (Lipinski definition) is 6. The lowest BCUT2D eigenvalue weighted by Gasteiger charge is -2.65. The van der Waals surface area contributed by atoms with Gasteiger partial charge in [-0.25, -0.2) is 11.7 Å². The van der Waals surface area contributed by atoms with Crippen LogP contribution in [-0.4, -0.2) is 33.2 Å². The molecule has 0 atom stereocenters. The maximum absolute atomic E-state index is 12.2. The van der Waals surface area contributed by atoms with Gasteiger partial charge >= 0.3 is 0 Å². The normalized spacial score (nSPS) is 49.0. The summed E-state index contributed by atoms with van der Waals surface area (Å²) in [5, 5.41) is 21.4. The molecular formula is C12H20N4O4. The molecule has 0 aromatic carbocycles. The Balaban J connectivity index is 2.10. The first kappa shape index (κ1) is 13.7. The molecule has 0 unspecified atom stereocenters. The average Bonchev–Trinajstić information content (AvgIpc) is 2.32. The highest BCUT2D eigenvalue weighted by molar-refractivity contribution is 5.88. The summed E-state index contributed by atoms with van der Waals surface area (Å²) < 4.78 is 0. The summed E-state index contributed by atoms with van der Waals surface area (Å²) in [6, 6.07) is 0. The zero-order valence-electron chi connectivity index (χ0n) is 11.1. The van der Waals surface area contributed by atoms with Gasteiger partial charge in [0.05, 0.1) is 22.0 Å². The predicted molar refractivity (Wildman–Crippen MR) is 67.1 cm³/mol. The van der Waals surface area contributed by atoms with Crippen molar-refractivity contribution in [3.8, 4) is 0 Å². The van der Waals surface area contributed by atoms with Crippen molar-refractivity contribution in [1.29, 1.82) is 0 Å². The molecule has 0 aliphatic heterocycles. The fourth-order valence-electron chi connectivity index (χ4n) is 5.32. The summed E-state index contributed by atoms with van der Waals surface area (Å²) in [6.45, 7) is 0. The first-order valence-corrected chi connectivity index (χ1v) is 6.68. The minimum Gasteiger partial charge on any atom is -0.390 e. The SMILES string of the molecule is NNC(=O)C12CC3(O)CC(O)(C1)CC(C(=O)NN)(C3)C2. The molecule has 112 valence electrons. The third-order valence-electron chi connectivity index (χ3n) is 5.23. The number of hydrogen-bond donors (Lipinski definition) is 6. The highest BCUT2D eigenvalue weighted by atomic mass is 16.3. The van der Waals surface area contributed by atoms with Gasteiger partial charge in [-0.2, -0.15) is 0 Å². The molecule has 0 aromatic rings. The number of carbonyl (C=O) groups excluding carboxylic acids is 2. The lowest BCUT2D eigenvalue weighted by molar-refractivity contribution is -0.251. The minimum atomic E-state index is -1.23. The molecule has 4 aliphatic carbocycles. The van der Waals surface area contributed by atoms with Crippen molar-refractivity contribution in [1.82, 2.24) is 10.9 Å². The largest absolute Gasteiger partial charge is 0.390 e. The number of nitrogens with two attached hydrogens (primary N) is 2. The predicted octanol–water partition coefficient (Wildman–Crippen LogP) is -2.22. The van der Waals surface area contributed by atoms with Gasteiger partial charge in [0, 0.05) is 6.42 Å². The van der Waals surface area contributed by atoms with Crippen LogP contribution in [0.25, 0.3) is 0 Å². The lowest BCUT2D eigenvalue weighted by Crippen LogP contribution is -2.72. The van der Waals surface area contributed by atoms with E-state index in [2.05, 4.69) is 10.9 Å². The fourth-order valence-corrected chi connectivity index (χ4v) is 5.32. The molecule has 0 spiro atoms. The van der Waals surface area contributed by atoms with Gasteiger partial charge in [0.15, 0.2) is 0 Å². The molecule has 4 rings (SSSR count). The highest BCUT2D eigenvalue weighted by Crippen LogP contribution is 2.67. The second kappa shape index (κ2) is 3.70. The summed E-state index contributed by atoms with van der Waals surface area (Å²) in [4.78, 5) is 24.4. The van der Waals surface area contributed by atoms with E-state index in [1.54, 1.807) is 0 Å². The summed E-state index contributed by atoms with van der Waals surface area (Å²) in [6.07, 6.45) is 1.28. The van der Waals surface area contributed by atoms with Crippen LogP contribution in [0, 0.1) is 10.8 Å². The number of nitrogens with one attached hydrogen (secondary N) is 2. The standard InChI is InChI=1S/C12H20N4O4/c13-15-7(17)9-1-10(8(18)16-14)4-11(19,2-9)6-12(20,3-9)5-10/h19-20H,1-6,13-14H2,(H,15,17)(H,16,18). The molecule has 4 fully saturated rings. The van der Waals surface area contributed by atoms with E-state index in [1.807, 2.05) is 0 Å². The first-order valence-electron chi connectivity index (χ1n) is 6.68. The average molecular weight is 284 g/mol. The fraction of sp³-hybridized carbons (Fsp3) is 0.833. The highest BCUT2D eigenvalue weighted by Gasteiger charge is 2.71. The molecular weight excluding hydrogens is 264 g/mol. The summed E-state index contributed by atoms with van der Waals surface area (Å²) in [7, 11) is 0. The second-order valence-electron chi connectivity index (χ2n) is 7.02. The third kappa shape index (κ3) is 1.62. The summed E-state index contributed by atoms with van der Waals surface area (Å²) in [5.41, 5.74) is -0.283. The Labute approximate surface area is 115 Å². The van der Waals surface area contributed by atoms with Crippen LogP contribution >= 0.6 is 0 Å². The van der Waals surface area contributed by atoms with Gasteiger partial charge in [0.2, 0.25) is 11.8 Å². The van der Waals surface area contributed by atoms with E-state index >= 15 is 0 Å². The molecule has 0 aromatic heterocycles. The molecule has 2 amide bonds. The van der Waals surface area contributed by atoms with Crippen molar-refractivity contribution in [2.45, 2.75) is 49.7 Å². The van der Waals surface area contributed by atoms with Gasteiger partial charge in [-0.1, -0.05) is 0 Å². The molecule has 8 heteroatoms. The summed E-state index contributed by atoms with van der Waals surface area (Å²) >= 11 is 0. The number of aliphatic hydroxyl groups is 2. The maximum Gasteiger partial charge on any atom is 0.240 e. The monoisotopic (exact) mass is 284 g/mol. The van der Waals surface area contributed by atoms with Gasteiger partial charge in [-0.15, -0.1) is 0 Å². The Bertz CT molecular complexity index is 438. The van der Waals surface area contributed by atoms with Crippen molar-refractivity contribution in [2.24, 2.45) is 22.5 Å². The van der Waals surface area contributed by atoms with E-state index < -0.39 is 33.8 Å². The number of amides is 2. The van der Waals surface area contributed by atoms with E-state index in [9.17, 15) is 19.8 Å².